The highest BCUT2D eigenvalue weighted by Gasteiger charge is 2.44. The highest BCUT2D eigenvalue weighted by molar-refractivity contribution is 9.10. The molecule has 2 heterocycles. The Morgan fingerprint density at radius 1 is 1.48 bits per heavy atom. The van der Waals surface area contributed by atoms with E-state index in [4.69, 9.17) is 9.47 Å². The van der Waals surface area contributed by atoms with Crippen molar-refractivity contribution in [3.63, 3.8) is 0 Å². The topological polar surface area (TPSA) is 51.3 Å². The number of esters is 1. The molecule has 0 saturated carbocycles. The summed E-state index contributed by atoms with van der Waals surface area (Å²) in [6, 6.07) is 3.16. The Morgan fingerprint density at radius 2 is 2.24 bits per heavy atom. The first-order chi connectivity index (χ1) is 11.9. The van der Waals surface area contributed by atoms with E-state index in [1.54, 1.807) is 13.0 Å². The van der Waals surface area contributed by atoms with Gasteiger partial charge in [-0.25, -0.2) is 4.39 Å². The maximum atomic E-state index is 14.4. The van der Waals surface area contributed by atoms with Crippen molar-refractivity contribution in [3.05, 3.63) is 33.7 Å². The van der Waals surface area contributed by atoms with Crippen LogP contribution in [-0.4, -0.2) is 23.7 Å². The lowest BCUT2D eigenvalue weighted by Gasteiger charge is -2.40. The van der Waals surface area contributed by atoms with E-state index in [1.165, 1.54) is 6.07 Å². The Bertz CT molecular complexity index is 804. The van der Waals surface area contributed by atoms with Crippen LogP contribution in [0, 0.1) is 5.82 Å². The van der Waals surface area contributed by atoms with Crippen LogP contribution >= 0.6 is 15.9 Å². The molecule has 2 aromatic rings. The first kappa shape index (κ1) is 18.4. The molecular weight excluding hydrogens is 389 g/mol. The van der Waals surface area contributed by atoms with Gasteiger partial charge in [0, 0.05) is 16.3 Å². The number of carbonyl (C=O) groups is 1. The van der Waals surface area contributed by atoms with E-state index >= 15 is 0 Å². The van der Waals surface area contributed by atoms with E-state index in [1.807, 2.05) is 13.8 Å². The van der Waals surface area contributed by atoms with Gasteiger partial charge in [0.25, 0.3) is 0 Å². The summed E-state index contributed by atoms with van der Waals surface area (Å²) in [5.41, 5.74) is 1.49. The number of nitrogens with one attached hydrogen (secondary N) is 1. The Balaban J connectivity index is 2.20. The second-order valence-corrected chi connectivity index (χ2v) is 7.47. The highest BCUT2D eigenvalue weighted by Crippen LogP contribution is 2.46. The van der Waals surface area contributed by atoms with Crippen molar-refractivity contribution < 1.29 is 18.7 Å². The Morgan fingerprint density at radius 3 is 2.92 bits per heavy atom. The van der Waals surface area contributed by atoms with E-state index in [0.29, 0.717) is 25.0 Å². The Hall–Kier alpha value is -1.40. The van der Waals surface area contributed by atoms with Gasteiger partial charge in [0.05, 0.1) is 30.3 Å². The maximum Gasteiger partial charge on any atom is 0.309 e. The Kier molecular flexibility index (Phi) is 5.21. The molecule has 0 bridgehead atoms. The highest BCUT2D eigenvalue weighted by atomic mass is 79.9. The molecule has 4 nitrogen and oxygen atoms in total. The molecule has 1 N–H and O–H groups in total. The summed E-state index contributed by atoms with van der Waals surface area (Å²) in [6.45, 7) is 6.16. The van der Waals surface area contributed by atoms with Gasteiger partial charge in [0.2, 0.25) is 0 Å². The lowest BCUT2D eigenvalue weighted by atomic mass is 9.83. The number of aromatic nitrogens is 1. The molecule has 1 aromatic carbocycles. The number of benzene rings is 1. The summed E-state index contributed by atoms with van der Waals surface area (Å²) < 4.78 is 26.7. The third-order valence-corrected chi connectivity index (χ3v) is 5.38. The number of carbonyl (C=O) groups excluding carboxylic acids is 1. The van der Waals surface area contributed by atoms with E-state index in [-0.39, 0.29) is 24.3 Å². The predicted molar refractivity (Wildman–Crippen MR) is 98.0 cm³/mol. The minimum absolute atomic E-state index is 0.0670. The zero-order chi connectivity index (χ0) is 18.2. The molecule has 0 spiro atoms. The van der Waals surface area contributed by atoms with Crippen molar-refractivity contribution >= 4 is 32.8 Å². The lowest BCUT2D eigenvalue weighted by molar-refractivity contribution is -0.161. The third-order valence-electron chi connectivity index (χ3n) is 4.72. The molecule has 0 aliphatic carbocycles. The predicted octanol–water partition coefficient (Wildman–Crippen LogP) is 4.98. The van der Waals surface area contributed by atoms with Gasteiger partial charge in [-0.1, -0.05) is 29.3 Å². The summed E-state index contributed by atoms with van der Waals surface area (Å²) in [4.78, 5) is 15.5. The molecule has 1 aliphatic heterocycles. The van der Waals surface area contributed by atoms with Crippen molar-refractivity contribution in [2.24, 2.45) is 0 Å². The molecule has 1 aromatic heterocycles. The van der Waals surface area contributed by atoms with Gasteiger partial charge < -0.3 is 14.5 Å². The minimum Gasteiger partial charge on any atom is -0.466 e. The summed E-state index contributed by atoms with van der Waals surface area (Å²) in [5, 5.41) is 0.842. The SMILES string of the molecule is CCCC1(CC(=O)OCC)OC(C)Cc2c1[nH]c1c(F)ccc(Br)c21. The molecule has 0 saturated heterocycles. The van der Waals surface area contributed by atoms with Crippen molar-refractivity contribution in [2.45, 2.75) is 58.2 Å². The molecule has 6 heteroatoms. The second-order valence-electron chi connectivity index (χ2n) is 6.62. The zero-order valence-electron chi connectivity index (χ0n) is 14.7. The van der Waals surface area contributed by atoms with Crippen LogP contribution in [0.15, 0.2) is 16.6 Å². The smallest absolute Gasteiger partial charge is 0.309 e. The molecule has 0 fully saturated rings. The fourth-order valence-electron chi connectivity index (χ4n) is 3.91. The summed E-state index contributed by atoms with van der Waals surface area (Å²) in [7, 11) is 0. The van der Waals surface area contributed by atoms with Gasteiger partial charge >= 0.3 is 5.97 Å². The lowest BCUT2D eigenvalue weighted by Crippen LogP contribution is -2.41. The van der Waals surface area contributed by atoms with Crippen LogP contribution < -0.4 is 0 Å². The number of rotatable bonds is 5. The van der Waals surface area contributed by atoms with Crippen LogP contribution in [-0.2, 0) is 26.3 Å². The van der Waals surface area contributed by atoms with Crippen molar-refractivity contribution in [2.75, 3.05) is 6.61 Å². The van der Waals surface area contributed by atoms with E-state index in [9.17, 15) is 9.18 Å². The maximum absolute atomic E-state index is 14.4. The summed E-state index contributed by atoms with van der Waals surface area (Å²) in [5.74, 6) is -0.601. The number of hydrogen-bond donors (Lipinski definition) is 1. The summed E-state index contributed by atoms with van der Waals surface area (Å²) in [6.07, 6.45) is 2.23. The largest absolute Gasteiger partial charge is 0.466 e. The zero-order valence-corrected chi connectivity index (χ0v) is 16.3. The number of aromatic amines is 1. The van der Waals surface area contributed by atoms with Crippen molar-refractivity contribution in [3.8, 4) is 0 Å². The number of halogens is 2. The minimum atomic E-state index is -0.807. The number of ether oxygens (including phenoxy) is 2. The third kappa shape index (κ3) is 3.22. The number of H-pyrrole nitrogens is 1. The molecule has 0 radical (unpaired) electrons. The first-order valence-electron chi connectivity index (χ1n) is 8.74. The molecular formula is C19H23BrFNO3. The van der Waals surface area contributed by atoms with Gasteiger partial charge in [-0.3, -0.25) is 4.79 Å². The average Bonchev–Trinajstić information content (AvgIpc) is 2.93. The second kappa shape index (κ2) is 7.08. The van der Waals surface area contributed by atoms with Gasteiger partial charge in [0.15, 0.2) is 0 Å². The van der Waals surface area contributed by atoms with Gasteiger partial charge in [-0.15, -0.1) is 0 Å². The normalized spacial score (nSPS) is 22.8. The molecule has 1 aliphatic rings. The van der Waals surface area contributed by atoms with Crippen LogP contribution in [0.25, 0.3) is 10.9 Å². The van der Waals surface area contributed by atoms with Crippen LogP contribution in [0.2, 0.25) is 0 Å². The molecule has 2 unspecified atom stereocenters. The molecule has 0 amide bonds. The first-order valence-corrected chi connectivity index (χ1v) is 9.53. The Labute approximate surface area is 155 Å². The number of hydrogen-bond acceptors (Lipinski definition) is 3. The van der Waals surface area contributed by atoms with Gasteiger partial charge in [-0.05, 0) is 38.0 Å². The fraction of sp³-hybridized carbons (Fsp3) is 0.526. The number of fused-ring (bicyclic) bond motifs is 3. The molecule has 2 atom stereocenters. The average molecular weight is 412 g/mol. The van der Waals surface area contributed by atoms with E-state index in [0.717, 1.165) is 27.5 Å². The van der Waals surface area contributed by atoms with Crippen LogP contribution in [0.5, 0.6) is 0 Å². The summed E-state index contributed by atoms with van der Waals surface area (Å²) >= 11 is 3.54. The van der Waals surface area contributed by atoms with Crippen LogP contribution in [0.1, 0.15) is 51.3 Å². The van der Waals surface area contributed by atoms with Crippen molar-refractivity contribution in [1.29, 1.82) is 0 Å². The molecule has 3 rings (SSSR count). The van der Waals surface area contributed by atoms with E-state index < -0.39 is 5.60 Å². The van der Waals surface area contributed by atoms with Gasteiger partial charge in [-0.2, -0.15) is 0 Å². The molecule has 136 valence electrons. The van der Waals surface area contributed by atoms with Crippen molar-refractivity contribution in [1.82, 2.24) is 4.98 Å². The van der Waals surface area contributed by atoms with Crippen LogP contribution in [0.4, 0.5) is 4.39 Å². The van der Waals surface area contributed by atoms with E-state index in [2.05, 4.69) is 20.9 Å². The fourth-order valence-corrected chi connectivity index (χ4v) is 4.48. The van der Waals surface area contributed by atoms with Gasteiger partial charge in [0.1, 0.15) is 11.4 Å². The van der Waals surface area contributed by atoms with Crippen LogP contribution in [0.3, 0.4) is 0 Å². The monoisotopic (exact) mass is 411 g/mol. The standard InChI is InChI=1S/C19H23BrFNO3/c1-4-8-19(10-15(23)24-5-2)18-12(9-11(3)25-19)16-13(20)6-7-14(21)17(16)22-18/h6-7,11,22H,4-5,8-10H2,1-3H3. The molecule has 25 heavy (non-hydrogen) atoms. The quantitative estimate of drug-likeness (QED) is 0.705.